The Balaban J connectivity index is 2.25. The lowest BCUT2D eigenvalue weighted by Gasteiger charge is -2.15. The van der Waals surface area contributed by atoms with Crippen LogP contribution in [0.1, 0.15) is 25.5 Å². The molecule has 0 spiro atoms. The van der Waals surface area contributed by atoms with E-state index < -0.39 is 0 Å². The Hall–Kier alpha value is -0.800. The molecule has 1 aromatic heterocycles. The van der Waals surface area contributed by atoms with Crippen LogP contribution in [0.4, 0.5) is 0 Å². The highest BCUT2D eigenvalue weighted by molar-refractivity contribution is 4.97. The van der Waals surface area contributed by atoms with E-state index in [9.17, 15) is 0 Å². The van der Waals surface area contributed by atoms with E-state index in [0.717, 1.165) is 25.3 Å². The molecule has 0 aliphatic rings. The first-order valence-corrected chi connectivity index (χ1v) is 5.11. The Morgan fingerprint density at radius 3 is 3.00 bits per heavy atom. The first kappa shape index (κ1) is 11.3. The molecule has 0 fully saturated rings. The van der Waals surface area contributed by atoms with Crippen LogP contribution in [0.5, 0.6) is 0 Å². The summed E-state index contributed by atoms with van der Waals surface area (Å²) in [6.07, 6.45) is 4.00. The third kappa shape index (κ3) is 3.94. The molecule has 0 bridgehead atoms. The van der Waals surface area contributed by atoms with E-state index in [0.29, 0.717) is 6.04 Å². The van der Waals surface area contributed by atoms with Crippen molar-refractivity contribution in [1.82, 2.24) is 5.32 Å². The van der Waals surface area contributed by atoms with Crippen LogP contribution in [0, 0.1) is 0 Å². The maximum absolute atomic E-state index is 5.24. The lowest BCUT2D eigenvalue weighted by molar-refractivity contribution is 0.160. The fourth-order valence-electron chi connectivity index (χ4n) is 1.45. The van der Waals surface area contributed by atoms with Gasteiger partial charge in [-0.1, -0.05) is 13.3 Å². The second-order valence-corrected chi connectivity index (χ2v) is 3.40. The smallest absolute Gasteiger partial charge is 0.117 e. The van der Waals surface area contributed by atoms with Gasteiger partial charge in [0, 0.05) is 13.2 Å². The predicted octanol–water partition coefficient (Wildman–Crippen LogP) is 2.18. The molecule has 0 saturated carbocycles. The Kier molecular flexibility index (Phi) is 5.33. The molecular weight excluding hydrogens is 178 g/mol. The third-order valence-electron chi connectivity index (χ3n) is 2.15. The average Bonchev–Trinajstić information content (AvgIpc) is 2.67. The first-order chi connectivity index (χ1) is 6.86. The molecule has 3 nitrogen and oxygen atoms in total. The van der Waals surface area contributed by atoms with Gasteiger partial charge in [-0.25, -0.2) is 0 Å². The predicted molar refractivity (Wildman–Crippen MR) is 56.1 cm³/mol. The molecule has 0 aliphatic carbocycles. The number of hydrogen-bond acceptors (Lipinski definition) is 3. The monoisotopic (exact) mass is 197 g/mol. The molecule has 0 aliphatic heterocycles. The summed E-state index contributed by atoms with van der Waals surface area (Å²) in [6, 6.07) is 4.31. The molecule has 1 rings (SSSR count). The lowest BCUT2D eigenvalue weighted by Crippen LogP contribution is -2.32. The fraction of sp³-hybridized carbons (Fsp3) is 0.636. The van der Waals surface area contributed by atoms with E-state index in [4.69, 9.17) is 9.15 Å². The van der Waals surface area contributed by atoms with Gasteiger partial charge in [-0.3, -0.25) is 0 Å². The minimum atomic E-state index is 0.426. The molecule has 0 saturated heterocycles. The number of ether oxygens (including phenoxy) is 1. The van der Waals surface area contributed by atoms with Crippen molar-refractivity contribution in [1.29, 1.82) is 0 Å². The molecule has 0 amide bonds. The molecule has 1 heterocycles. The van der Waals surface area contributed by atoms with Gasteiger partial charge in [0.1, 0.15) is 5.76 Å². The van der Waals surface area contributed by atoms with Crippen molar-refractivity contribution in [3.63, 3.8) is 0 Å². The van der Waals surface area contributed by atoms with Gasteiger partial charge in [-0.2, -0.15) is 0 Å². The Morgan fingerprint density at radius 2 is 2.43 bits per heavy atom. The first-order valence-electron chi connectivity index (χ1n) is 5.11. The third-order valence-corrected chi connectivity index (χ3v) is 2.15. The molecule has 0 radical (unpaired) electrons. The van der Waals surface area contributed by atoms with Gasteiger partial charge < -0.3 is 14.5 Å². The number of hydrogen-bond donors (Lipinski definition) is 1. The second kappa shape index (κ2) is 6.62. The number of nitrogens with one attached hydrogen (secondary N) is 1. The van der Waals surface area contributed by atoms with E-state index >= 15 is 0 Å². The highest BCUT2D eigenvalue weighted by atomic mass is 16.5. The molecule has 1 atom stereocenters. The minimum Gasteiger partial charge on any atom is -0.468 e. The Morgan fingerprint density at radius 1 is 1.57 bits per heavy atom. The van der Waals surface area contributed by atoms with Crippen molar-refractivity contribution in [2.24, 2.45) is 0 Å². The molecule has 1 N–H and O–H groups in total. The van der Waals surface area contributed by atoms with Gasteiger partial charge in [-0.05, 0) is 18.6 Å². The average molecular weight is 197 g/mol. The minimum absolute atomic E-state index is 0.426. The summed E-state index contributed by atoms with van der Waals surface area (Å²) < 4.78 is 10.4. The SMILES string of the molecule is CCCC(COC)NCc1ccco1. The molecule has 1 unspecified atom stereocenters. The molecular formula is C11H19NO2. The largest absolute Gasteiger partial charge is 0.468 e. The van der Waals surface area contributed by atoms with E-state index in [1.165, 1.54) is 6.42 Å². The topological polar surface area (TPSA) is 34.4 Å². The number of methoxy groups -OCH3 is 1. The summed E-state index contributed by atoms with van der Waals surface area (Å²) >= 11 is 0. The molecule has 80 valence electrons. The summed E-state index contributed by atoms with van der Waals surface area (Å²) in [4.78, 5) is 0. The van der Waals surface area contributed by atoms with Gasteiger partial charge in [0.25, 0.3) is 0 Å². The van der Waals surface area contributed by atoms with Crippen LogP contribution in [0.3, 0.4) is 0 Å². The lowest BCUT2D eigenvalue weighted by atomic mass is 10.2. The summed E-state index contributed by atoms with van der Waals surface area (Å²) in [5.74, 6) is 0.974. The van der Waals surface area contributed by atoms with Gasteiger partial charge >= 0.3 is 0 Å². The van der Waals surface area contributed by atoms with Crippen molar-refractivity contribution in [3.05, 3.63) is 24.2 Å². The van der Waals surface area contributed by atoms with Gasteiger partial charge in [0.05, 0.1) is 19.4 Å². The van der Waals surface area contributed by atoms with Crippen molar-refractivity contribution < 1.29 is 9.15 Å². The second-order valence-electron chi connectivity index (χ2n) is 3.40. The zero-order chi connectivity index (χ0) is 10.2. The maximum Gasteiger partial charge on any atom is 0.117 e. The van der Waals surface area contributed by atoms with Crippen LogP contribution in [0.2, 0.25) is 0 Å². The van der Waals surface area contributed by atoms with Crippen LogP contribution in [-0.4, -0.2) is 19.8 Å². The molecule has 3 heteroatoms. The highest BCUT2D eigenvalue weighted by Crippen LogP contribution is 2.02. The molecule has 0 aromatic carbocycles. The Bertz CT molecular complexity index is 215. The van der Waals surface area contributed by atoms with E-state index in [1.807, 2.05) is 12.1 Å². The molecule has 14 heavy (non-hydrogen) atoms. The van der Waals surface area contributed by atoms with Gasteiger partial charge in [0.2, 0.25) is 0 Å². The number of furan rings is 1. The fourth-order valence-corrected chi connectivity index (χ4v) is 1.45. The summed E-state index contributed by atoms with van der Waals surface area (Å²) in [5.41, 5.74) is 0. The van der Waals surface area contributed by atoms with Crippen LogP contribution < -0.4 is 5.32 Å². The quantitative estimate of drug-likeness (QED) is 0.727. The highest BCUT2D eigenvalue weighted by Gasteiger charge is 2.06. The van der Waals surface area contributed by atoms with Crippen molar-refractivity contribution >= 4 is 0 Å². The summed E-state index contributed by atoms with van der Waals surface area (Å²) in [5, 5.41) is 3.41. The zero-order valence-electron chi connectivity index (χ0n) is 8.95. The van der Waals surface area contributed by atoms with Crippen LogP contribution in [0.25, 0.3) is 0 Å². The maximum atomic E-state index is 5.24. The standard InChI is InChI=1S/C11H19NO2/c1-3-5-10(9-13-2)12-8-11-6-4-7-14-11/h4,6-7,10,12H,3,5,8-9H2,1-2H3. The van der Waals surface area contributed by atoms with Gasteiger partial charge in [-0.15, -0.1) is 0 Å². The zero-order valence-corrected chi connectivity index (χ0v) is 8.95. The van der Waals surface area contributed by atoms with E-state index in [1.54, 1.807) is 13.4 Å². The van der Waals surface area contributed by atoms with Crippen LogP contribution in [0.15, 0.2) is 22.8 Å². The Labute approximate surface area is 85.4 Å². The summed E-state index contributed by atoms with van der Waals surface area (Å²) in [7, 11) is 1.73. The van der Waals surface area contributed by atoms with Crippen LogP contribution in [-0.2, 0) is 11.3 Å². The van der Waals surface area contributed by atoms with Crippen molar-refractivity contribution in [2.75, 3.05) is 13.7 Å². The normalized spacial score (nSPS) is 13.0. The van der Waals surface area contributed by atoms with Crippen LogP contribution >= 0.6 is 0 Å². The number of rotatable bonds is 7. The molecule has 1 aromatic rings. The van der Waals surface area contributed by atoms with Gasteiger partial charge in [0.15, 0.2) is 0 Å². The van der Waals surface area contributed by atoms with Crippen molar-refractivity contribution in [3.8, 4) is 0 Å². The van der Waals surface area contributed by atoms with Crippen molar-refractivity contribution in [2.45, 2.75) is 32.4 Å². The summed E-state index contributed by atoms with van der Waals surface area (Å²) in [6.45, 7) is 3.72. The van der Waals surface area contributed by atoms with E-state index in [2.05, 4.69) is 12.2 Å². The van der Waals surface area contributed by atoms with E-state index in [-0.39, 0.29) is 0 Å².